The van der Waals surface area contributed by atoms with Gasteiger partial charge in [0.2, 0.25) is 0 Å². The normalized spacial score (nSPS) is 12.3. The average molecular weight is 289 g/mol. The lowest BCUT2D eigenvalue weighted by atomic mass is 9.92. The van der Waals surface area contributed by atoms with Crippen molar-refractivity contribution >= 4 is 17.0 Å². The number of hydrogen-bond acceptors (Lipinski definition) is 3. The summed E-state index contributed by atoms with van der Waals surface area (Å²) in [5.41, 5.74) is 1.79. The molecule has 0 aliphatic carbocycles. The number of carboxylic acids is 1. The van der Waals surface area contributed by atoms with Crippen LogP contribution in [-0.2, 0) is 6.54 Å². The van der Waals surface area contributed by atoms with Gasteiger partial charge in [-0.25, -0.2) is 9.78 Å². The quantitative estimate of drug-likeness (QED) is 0.919. The van der Waals surface area contributed by atoms with Crippen molar-refractivity contribution in [2.75, 3.05) is 20.6 Å². The Morgan fingerprint density at radius 3 is 2.62 bits per heavy atom. The Bertz CT molecular complexity index is 671. The minimum Gasteiger partial charge on any atom is -0.478 e. The van der Waals surface area contributed by atoms with Gasteiger partial charge in [-0.05, 0) is 38.6 Å². The van der Waals surface area contributed by atoms with E-state index in [-0.39, 0.29) is 11.0 Å². The molecule has 0 fully saturated rings. The molecular weight excluding hydrogens is 266 g/mol. The van der Waals surface area contributed by atoms with E-state index in [1.165, 1.54) is 0 Å². The fourth-order valence-electron chi connectivity index (χ4n) is 2.97. The summed E-state index contributed by atoms with van der Waals surface area (Å²) in [6, 6.07) is 5.32. The van der Waals surface area contributed by atoms with Crippen LogP contribution in [0.5, 0.6) is 0 Å². The molecule has 0 spiro atoms. The number of rotatable bonds is 5. The largest absolute Gasteiger partial charge is 0.478 e. The third-order valence-electron chi connectivity index (χ3n) is 3.53. The first-order valence-electron chi connectivity index (χ1n) is 7.05. The Hall–Kier alpha value is -1.88. The van der Waals surface area contributed by atoms with Gasteiger partial charge in [-0.2, -0.15) is 0 Å². The molecule has 5 nitrogen and oxygen atoms in total. The second-order valence-corrected chi connectivity index (χ2v) is 6.63. The van der Waals surface area contributed by atoms with Gasteiger partial charge in [-0.3, -0.25) is 0 Å². The van der Waals surface area contributed by atoms with Gasteiger partial charge in [0, 0.05) is 13.1 Å². The summed E-state index contributed by atoms with van der Waals surface area (Å²) in [6.45, 7) is 8.09. The fourth-order valence-corrected chi connectivity index (χ4v) is 2.97. The Balaban J connectivity index is 2.48. The molecule has 1 heterocycles. The number of imidazole rings is 1. The Labute approximate surface area is 125 Å². The minimum atomic E-state index is -0.933. The SMILES string of the molecule is Cc1nc2c(C(=O)O)cccc2n1CC(C)(C)CN(C)C. The maximum absolute atomic E-state index is 11.3. The molecule has 1 aromatic carbocycles. The molecule has 0 amide bonds. The maximum atomic E-state index is 11.3. The number of hydrogen-bond donors (Lipinski definition) is 1. The van der Waals surface area contributed by atoms with Crippen molar-refractivity contribution in [1.82, 2.24) is 14.5 Å². The van der Waals surface area contributed by atoms with Crippen molar-refractivity contribution in [3.63, 3.8) is 0 Å². The van der Waals surface area contributed by atoms with Gasteiger partial charge in [-0.15, -0.1) is 0 Å². The van der Waals surface area contributed by atoms with Crippen LogP contribution in [0.1, 0.15) is 30.0 Å². The van der Waals surface area contributed by atoms with Crippen molar-refractivity contribution in [3.05, 3.63) is 29.6 Å². The molecule has 1 aromatic heterocycles. The molecule has 0 unspecified atom stereocenters. The number of aromatic carboxylic acids is 1. The monoisotopic (exact) mass is 289 g/mol. The highest BCUT2D eigenvalue weighted by Crippen LogP contribution is 2.26. The molecule has 114 valence electrons. The lowest BCUT2D eigenvalue weighted by Gasteiger charge is -2.29. The van der Waals surface area contributed by atoms with Crippen LogP contribution < -0.4 is 0 Å². The van der Waals surface area contributed by atoms with Crippen molar-refractivity contribution in [2.24, 2.45) is 5.41 Å². The summed E-state index contributed by atoms with van der Waals surface area (Å²) in [4.78, 5) is 17.9. The molecule has 0 aliphatic rings. The van der Waals surface area contributed by atoms with E-state index in [0.717, 1.165) is 24.4 Å². The molecule has 1 N–H and O–H groups in total. The molecule has 0 atom stereocenters. The number of para-hydroxylation sites is 1. The first kappa shape index (κ1) is 15.5. The molecule has 0 radical (unpaired) electrons. The smallest absolute Gasteiger partial charge is 0.337 e. The van der Waals surface area contributed by atoms with Gasteiger partial charge < -0.3 is 14.6 Å². The summed E-state index contributed by atoms with van der Waals surface area (Å²) in [5, 5.41) is 9.28. The fraction of sp³-hybridized carbons (Fsp3) is 0.500. The van der Waals surface area contributed by atoms with E-state index in [4.69, 9.17) is 0 Å². The molecule has 2 rings (SSSR count). The standard InChI is InChI=1S/C16H23N3O2/c1-11-17-14-12(15(20)21)7-6-8-13(14)19(11)10-16(2,3)9-18(4)5/h6-8H,9-10H2,1-5H3,(H,20,21). The lowest BCUT2D eigenvalue weighted by molar-refractivity contribution is 0.0699. The van der Waals surface area contributed by atoms with E-state index in [2.05, 4.69) is 42.4 Å². The Morgan fingerprint density at radius 1 is 1.38 bits per heavy atom. The maximum Gasteiger partial charge on any atom is 0.337 e. The number of nitrogens with zero attached hydrogens (tertiary/aromatic N) is 3. The van der Waals surface area contributed by atoms with Crippen molar-refractivity contribution < 1.29 is 9.90 Å². The summed E-state index contributed by atoms with van der Waals surface area (Å²) >= 11 is 0. The second-order valence-electron chi connectivity index (χ2n) is 6.63. The number of aryl methyl sites for hydroxylation is 1. The second kappa shape index (κ2) is 5.48. The zero-order chi connectivity index (χ0) is 15.8. The van der Waals surface area contributed by atoms with Gasteiger partial charge in [0.25, 0.3) is 0 Å². The number of fused-ring (bicyclic) bond motifs is 1. The minimum absolute atomic E-state index is 0.0706. The molecule has 21 heavy (non-hydrogen) atoms. The molecule has 2 aromatic rings. The first-order valence-corrected chi connectivity index (χ1v) is 7.05. The Morgan fingerprint density at radius 2 is 2.05 bits per heavy atom. The van der Waals surface area contributed by atoms with Gasteiger partial charge >= 0.3 is 5.97 Å². The molecule has 0 bridgehead atoms. The summed E-state index contributed by atoms with van der Waals surface area (Å²) in [5.74, 6) is -0.0802. The van der Waals surface area contributed by atoms with E-state index < -0.39 is 5.97 Å². The van der Waals surface area contributed by atoms with E-state index >= 15 is 0 Å². The summed E-state index contributed by atoms with van der Waals surface area (Å²) in [6.07, 6.45) is 0. The van der Waals surface area contributed by atoms with Crippen LogP contribution in [0, 0.1) is 12.3 Å². The number of carboxylic acid groups (broad SMARTS) is 1. The van der Waals surface area contributed by atoms with Crippen LogP contribution >= 0.6 is 0 Å². The predicted molar refractivity (Wildman–Crippen MR) is 83.8 cm³/mol. The highest BCUT2D eigenvalue weighted by atomic mass is 16.4. The van der Waals surface area contributed by atoms with Crippen LogP contribution in [0.2, 0.25) is 0 Å². The van der Waals surface area contributed by atoms with Crippen LogP contribution in [0.25, 0.3) is 11.0 Å². The number of benzene rings is 1. The van der Waals surface area contributed by atoms with Crippen LogP contribution in [0.3, 0.4) is 0 Å². The van der Waals surface area contributed by atoms with E-state index in [1.807, 2.05) is 13.0 Å². The van der Waals surface area contributed by atoms with Crippen molar-refractivity contribution in [2.45, 2.75) is 27.3 Å². The molecular formula is C16H23N3O2. The topological polar surface area (TPSA) is 58.4 Å². The average Bonchev–Trinajstić information content (AvgIpc) is 2.63. The van der Waals surface area contributed by atoms with Gasteiger partial charge in [-0.1, -0.05) is 19.9 Å². The third kappa shape index (κ3) is 3.24. The molecule has 0 saturated heterocycles. The van der Waals surface area contributed by atoms with Crippen LogP contribution in [0.15, 0.2) is 18.2 Å². The zero-order valence-corrected chi connectivity index (χ0v) is 13.3. The third-order valence-corrected chi connectivity index (χ3v) is 3.53. The zero-order valence-electron chi connectivity index (χ0n) is 13.3. The van der Waals surface area contributed by atoms with Gasteiger partial charge in [0.1, 0.15) is 11.3 Å². The Kier molecular flexibility index (Phi) is 4.05. The predicted octanol–water partition coefficient (Wildman–Crippen LogP) is 2.63. The van der Waals surface area contributed by atoms with Crippen molar-refractivity contribution in [3.8, 4) is 0 Å². The molecule has 0 aliphatic heterocycles. The number of aromatic nitrogens is 2. The molecule has 0 saturated carbocycles. The summed E-state index contributed by atoms with van der Waals surface area (Å²) in [7, 11) is 4.12. The van der Waals surface area contributed by atoms with Crippen LogP contribution in [0.4, 0.5) is 0 Å². The van der Waals surface area contributed by atoms with Gasteiger partial charge in [0.15, 0.2) is 0 Å². The van der Waals surface area contributed by atoms with Crippen molar-refractivity contribution in [1.29, 1.82) is 0 Å². The highest BCUT2D eigenvalue weighted by molar-refractivity contribution is 6.01. The molecule has 5 heteroatoms. The van der Waals surface area contributed by atoms with Crippen LogP contribution in [-0.4, -0.2) is 46.2 Å². The van der Waals surface area contributed by atoms with E-state index in [0.29, 0.717) is 5.52 Å². The van der Waals surface area contributed by atoms with Gasteiger partial charge in [0.05, 0.1) is 11.1 Å². The summed E-state index contributed by atoms with van der Waals surface area (Å²) < 4.78 is 2.12. The lowest BCUT2D eigenvalue weighted by Crippen LogP contribution is -2.32. The number of carbonyl (C=O) groups is 1. The van der Waals surface area contributed by atoms with E-state index in [9.17, 15) is 9.90 Å². The highest BCUT2D eigenvalue weighted by Gasteiger charge is 2.23. The van der Waals surface area contributed by atoms with E-state index in [1.54, 1.807) is 12.1 Å². The first-order chi connectivity index (χ1) is 9.71.